The summed E-state index contributed by atoms with van der Waals surface area (Å²) in [5.41, 5.74) is 1.25. The van der Waals surface area contributed by atoms with Gasteiger partial charge >= 0.3 is 0 Å². The molecule has 3 heteroatoms. The highest BCUT2D eigenvalue weighted by molar-refractivity contribution is 5.43. The molecule has 0 heterocycles. The minimum absolute atomic E-state index is 0.419. The van der Waals surface area contributed by atoms with Gasteiger partial charge in [-0.2, -0.15) is 0 Å². The molecule has 0 amide bonds. The third-order valence-electron chi connectivity index (χ3n) is 3.79. The smallest absolute Gasteiger partial charge is 0.126 e. The van der Waals surface area contributed by atoms with Crippen molar-refractivity contribution >= 4 is 0 Å². The standard InChI is InChI=1S/C17H29NO2/c1-6-8-16(18-11-7-2)13(3)15-10-9-14(19-4)12-17(15)20-5/h9-10,12-13,16,18H,6-8,11H2,1-5H3. The first kappa shape index (κ1) is 16.8. The van der Waals surface area contributed by atoms with Gasteiger partial charge in [0.25, 0.3) is 0 Å². The maximum Gasteiger partial charge on any atom is 0.126 e. The molecule has 1 aromatic rings. The third kappa shape index (κ3) is 4.41. The maximum absolute atomic E-state index is 5.53. The number of ether oxygens (including phenoxy) is 2. The molecule has 0 saturated carbocycles. The normalized spacial score (nSPS) is 13.8. The Morgan fingerprint density at radius 3 is 2.40 bits per heavy atom. The summed E-state index contributed by atoms with van der Waals surface area (Å²) in [4.78, 5) is 0. The molecule has 20 heavy (non-hydrogen) atoms. The molecule has 114 valence electrons. The summed E-state index contributed by atoms with van der Waals surface area (Å²) in [6, 6.07) is 6.59. The van der Waals surface area contributed by atoms with Crippen molar-refractivity contribution in [1.82, 2.24) is 5.32 Å². The quantitative estimate of drug-likeness (QED) is 0.742. The average molecular weight is 279 g/mol. The molecule has 0 bridgehead atoms. The third-order valence-corrected chi connectivity index (χ3v) is 3.79. The van der Waals surface area contributed by atoms with Crippen LogP contribution in [-0.2, 0) is 0 Å². The molecule has 3 nitrogen and oxygen atoms in total. The first-order valence-corrected chi connectivity index (χ1v) is 7.63. The van der Waals surface area contributed by atoms with Crippen molar-refractivity contribution in [3.63, 3.8) is 0 Å². The van der Waals surface area contributed by atoms with E-state index >= 15 is 0 Å². The molecule has 1 aromatic carbocycles. The minimum atomic E-state index is 0.419. The predicted octanol–water partition coefficient (Wildman–Crippen LogP) is 3.98. The maximum atomic E-state index is 5.53. The van der Waals surface area contributed by atoms with E-state index < -0.39 is 0 Å². The zero-order chi connectivity index (χ0) is 15.0. The van der Waals surface area contributed by atoms with Gasteiger partial charge in [0.1, 0.15) is 11.5 Å². The minimum Gasteiger partial charge on any atom is -0.497 e. The van der Waals surface area contributed by atoms with Crippen LogP contribution < -0.4 is 14.8 Å². The monoisotopic (exact) mass is 279 g/mol. The molecule has 0 aliphatic rings. The number of rotatable bonds is 9. The highest BCUT2D eigenvalue weighted by atomic mass is 16.5. The second-order valence-corrected chi connectivity index (χ2v) is 5.25. The van der Waals surface area contributed by atoms with E-state index in [1.165, 1.54) is 18.4 Å². The van der Waals surface area contributed by atoms with Crippen LogP contribution in [0.1, 0.15) is 51.5 Å². The van der Waals surface area contributed by atoms with Crippen LogP contribution in [0.2, 0.25) is 0 Å². The second kappa shape index (κ2) is 8.85. The summed E-state index contributed by atoms with van der Waals surface area (Å²) >= 11 is 0. The fourth-order valence-corrected chi connectivity index (χ4v) is 2.58. The van der Waals surface area contributed by atoms with Crippen LogP contribution in [0, 0.1) is 0 Å². The van der Waals surface area contributed by atoms with Crippen molar-refractivity contribution in [3.8, 4) is 11.5 Å². The molecular formula is C17H29NO2. The molecule has 1 rings (SSSR count). The molecule has 0 aromatic heterocycles. The van der Waals surface area contributed by atoms with Gasteiger partial charge in [-0.05, 0) is 31.0 Å². The zero-order valence-corrected chi connectivity index (χ0v) is 13.5. The molecule has 0 aliphatic heterocycles. The number of methoxy groups -OCH3 is 2. The number of benzene rings is 1. The Balaban J connectivity index is 2.94. The first-order valence-electron chi connectivity index (χ1n) is 7.63. The number of nitrogens with one attached hydrogen (secondary N) is 1. The van der Waals surface area contributed by atoms with E-state index in [0.717, 1.165) is 24.5 Å². The van der Waals surface area contributed by atoms with Crippen LogP contribution >= 0.6 is 0 Å². The Bertz CT molecular complexity index is 393. The molecular weight excluding hydrogens is 250 g/mol. The Morgan fingerprint density at radius 2 is 1.85 bits per heavy atom. The van der Waals surface area contributed by atoms with Crippen LogP contribution in [0.5, 0.6) is 11.5 Å². The first-order chi connectivity index (χ1) is 9.67. The van der Waals surface area contributed by atoms with Crippen molar-refractivity contribution in [1.29, 1.82) is 0 Å². The van der Waals surface area contributed by atoms with E-state index in [1.54, 1.807) is 14.2 Å². The van der Waals surface area contributed by atoms with Crippen LogP contribution in [0.4, 0.5) is 0 Å². The Kier molecular flexibility index (Phi) is 7.45. The second-order valence-electron chi connectivity index (χ2n) is 5.25. The van der Waals surface area contributed by atoms with Gasteiger partial charge in [-0.3, -0.25) is 0 Å². The Labute approximate surface area is 123 Å². The van der Waals surface area contributed by atoms with Gasteiger partial charge in [0.05, 0.1) is 14.2 Å². The lowest BCUT2D eigenvalue weighted by molar-refractivity contribution is 0.374. The summed E-state index contributed by atoms with van der Waals surface area (Å²) in [7, 11) is 3.40. The highest BCUT2D eigenvalue weighted by Gasteiger charge is 2.21. The fourth-order valence-electron chi connectivity index (χ4n) is 2.58. The SMILES string of the molecule is CCCNC(CCC)C(C)c1ccc(OC)cc1OC. The Morgan fingerprint density at radius 1 is 1.10 bits per heavy atom. The summed E-state index contributed by atoms with van der Waals surface area (Å²) in [5.74, 6) is 2.17. The van der Waals surface area contributed by atoms with Crippen LogP contribution in [-0.4, -0.2) is 26.8 Å². The highest BCUT2D eigenvalue weighted by Crippen LogP contribution is 2.33. The van der Waals surface area contributed by atoms with Crippen molar-refractivity contribution in [2.75, 3.05) is 20.8 Å². The van der Waals surface area contributed by atoms with E-state index in [-0.39, 0.29) is 0 Å². The van der Waals surface area contributed by atoms with Crippen LogP contribution in [0.15, 0.2) is 18.2 Å². The average Bonchev–Trinajstić information content (AvgIpc) is 2.50. The van der Waals surface area contributed by atoms with Crippen LogP contribution in [0.3, 0.4) is 0 Å². The van der Waals surface area contributed by atoms with Crippen molar-refractivity contribution in [2.24, 2.45) is 0 Å². The van der Waals surface area contributed by atoms with Gasteiger partial charge in [-0.15, -0.1) is 0 Å². The van der Waals surface area contributed by atoms with Gasteiger partial charge in [0.15, 0.2) is 0 Å². The zero-order valence-electron chi connectivity index (χ0n) is 13.5. The fraction of sp³-hybridized carbons (Fsp3) is 0.647. The Hall–Kier alpha value is -1.22. The largest absolute Gasteiger partial charge is 0.497 e. The molecule has 2 atom stereocenters. The number of hydrogen-bond acceptors (Lipinski definition) is 3. The predicted molar refractivity (Wildman–Crippen MR) is 85.0 cm³/mol. The molecule has 0 aliphatic carbocycles. The topological polar surface area (TPSA) is 30.5 Å². The van der Waals surface area contributed by atoms with E-state index in [2.05, 4.69) is 32.2 Å². The van der Waals surface area contributed by atoms with Crippen molar-refractivity contribution in [3.05, 3.63) is 23.8 Å². The van der Waals surface area contributed by atoms with E-state index in [4.69, 9.17) is 9.47 Å². The van der Waals surface area contributed by atoms with Crippen LogP contribution in [0.25, 0.3) is 0 Å². The summed E-state index contributed by atoms with van der Waals surface area (Å²) in [6.07, 6.45) is 3.52. The van der Waals surface area contributed by atoms with Crippen molar-refractivity contribution < 1.29 is 9.47 Å². The van der Waals surface area contributed by atoms with E-state index in [1.807, 2.05) is 12.1 Å². The lowest BCUT2D eigenvalue weighted by Crippen LogP contribution is -2.34. The van der Waals surface area contributed by atoms with Gasteiger partial charge < -0.3 is 14.8 Å². The molecule has 1 N–H and O–H groups in total. The van der Waals surface area contributed by atoms with Gasteiger partial charge in [-0.1, -0.05) is 33.3 Å². The molecule has 2 unspecified atom stereocenters. The van der Waals surface area contributed by atoms with Gasteiger partial charge in [0, 0.05) is 18.0 Å². The van der Waals surface area contributed by atoms with Gasteiger partial charge in [-0.25, -0.2) is 0 Å². The van der Waals surface area contributed by atoms with Gasteiger partial charge in [0.2, 0.25) is 0 Å². The lowest BCUT2D eigenvalue weighted by Gasteiger charge is -2.26. The summed E-state index contributed by atoms with van der Waals surface area (Å²) in [6.45, 7) is 7.77. The lowest BCUT2D eigenvalue weighted by atomic mass is 9.89. The molecule has 0 spiro atoms. The molecule has 0 fully saturated rings. The number of hydrogen-bond donors (Lipinski definition) is 1. The summed E-state index contributed by atoms with van der Waals surface area (Å²) in [5, 5.41) is 3.66. The molecule has 0 radical (unpaired) electrons. The van der Waals surface area contributed by atoms with Crippen molar-refractivity contribution in [2.45, 2.75) is 52.0 Å². The van der Waals surface area contributed by atoms with E-state index in [9.17, 15) is 0 Å². The van der Waals surface area contributed by atoms with E-state index in [0.29, 0.717) is 12.0 Å². The molecule has 0 saturated heterocycles. The summed E-state index contributed by atoms with van der Waals surface area (Å²) < 4.78 is 10.8.